The van der Waals surface area contributed by atoms with Gasteiger partial charge >= 0.3 is 0 Å². The van der Waals surface area contributed by atoms with Gasteiger partial charge < -0.3 is 11.1 Å². The summed E-state index contributed by atoms with van der Waals surface area (Å²) in [6.45, 7) is 5.79. The highest BCUT2D eigenvalue weighted by atomic mass is 79.9. The van der Waals surface area contributed by atoms with Crippen LogP contribution in [0.2, 0.25) is 0 Å². The molecule has 1 rings (SSSR count). The molecule has 0 aliphatic rings. The van der Waals surface area contributed by atoms with Crippen LogP contribution in [0.4, 0.5) is 5.82 Å². The Bertz CT molecular complexity index is 420. The summed E-state index contributed by atoms with van der Waals surface area (Å²) in [6, 6.07) is 1.78. The van der Waals surface area contributed by atoms with Gasteiger partial charge in [-0.1, -0.05) is 6.92 Å². The number of rotatable bonds is 5. The Morgan fingerprint density at radius 2 is 2.18 bits per heavy atom. The van der Waals surface area contributed by atoms with Gasteiger partial charge in [0.1, 0.15) is 16.2 Å². The molecule has 6 heteroatoms. The standard InChI is InChI=1S/C11H17BrN4O/c1-4-9-14-7(12)5-10(15-9)16-11(2,3)6-8(13)17/h5H,4,6H2,1-3H3,(H2,13,17)(H,14,15,16). The molecule has 0 aliphatic carbocycles. The largest absolute Gasteiger partial charge is 0.370 e. The molecular formula is C11H17BrN4O. The lowest BCUT2D eigenvalue weighted by atomic mass is 10.0. The second-order valence-electron chi connectivity index (χ2n) is 4.50. The van der Waals surface area contributed by atoms with Gasteiger partial charge in [0.25, 0.3) is 0 Å². The molecule has 1 aromatic heterocycles. The van der Waals surface area contributed by atoms with Crippen LogP contribution in [0.1, 0.15) is 33.0 Å². The molecule has 0 unspecified atom stereocenters. The van der Waals surface area contributed by atoms with Crippen LogP contribution in [0.5, 0.6) is 0 Å². The molecule has 1 heterocycles. The topological polar surface area (TPSA) is 80.9 Å². The first kappa shape index (κ1) is 13.9. The van der Waals surface area contributed by atoms with Gasteiger partial charge in [-0.2, -0.15) is 0 Å². The second kappa shape index (κ2) is 5.44. The molecule has 3 N–H and O–H groups in total. The number of amides is 1. The van der Waals surface area contributed by atoms with E-state index in [1.54, 1.807) is 6.07 Å². The molecule has 94 valence electrons. The van der Waals surface area contributed by atoms with Crippen LogP contribution in [-0.4, -0.2) is 21.4 Å². The maximum atomic E-state index is 10.9. The van der Waals surface area contributed by atoms with Gasteiger partial charge in [-0.25, -0.2) is 9.97 Å². The minimum Gasteiger partial charge on any atom is -0.370 e. The number of hydrogen-bond donors (Lipinski definition) is 2. The second-order valence-corrected chi connectivity index (χ2v) is 5.31. The summed E-state index contributed by atoms with van der Waals surface area (Å²) < 4.78 is 0.724. The van der Waals surface area contributed by atoms with Crippen molar-refractivity contribution in [1.82, 2.24) is 9.97 Å². The lowest BCUT2D eigenvalue weighted by Crippen LogP contribution is -2.36. The Labute approximate surface area is 109 Å². The molecule has 0 spiro atoms. The summed E-state index contributed by atoms with van der Waals surface area (Å²) in [7, 11) is 0. The smallest absolute Gasteiger partial charge is 0.219 e. The molecule has 1 amide bonds. The van der Waals surface area contributed by atoms with E-state index in [4.69, 9.17) is 5.73 Å². The summed E-state index contributed by atoms with van der Waals surface area (Å²) in [4.78, 5) is 19.5. The summed E-state index contributed by atoms with van der Waals surface area (Å²) >= 11 is 3.33. The van der Waals surface area contributed by atoms with Gasteiger partial charge in [0.2, 0.25) is 5.91 Å². The van der Waals surface area contributed by atoms with Crippen LogP contribution in [0, 0.1) is 0 Å². The van der Waals surface area contributed by atoms with Crippen LogP contribution in [-0.2, 0) is 11.2 Å². The SMILES string of the molecule is CCc1nc(Br)cc(NC(C)(C)CC(N)=O)n1. The number of aryl methyl sites for hydroxylation is 1. The summed E-state index contributed by atoms with van der Waals surface area (Å²) in [5.41, 5.74) is 4.77. The first-order chi connectivity index (χ1) is 7.82. The van der Waals surface area contributed by atoms with E-state index >= 15 is 0 Å². The summed E-state index contributed by atoms with van der Waals surface area (Å²) in [5.74, 6) is 1.10. The molecule has 0 atom stereocenters. The Hall–Kier alpha value is -1.17. The van der Waals surface area contributed by atoms with E-state index in [0.717, 1.165) is 16.8 Å². The van der Waals surface area contributed by atoms with Crippen LogP contribution in [0.25, 0.3) is 0 Å². The van der Waals surface area contributed by atoms with Crippen molar-refractivity contribution in [3.05, 3.63) is 16.5 Å². The fourth-order valence-corrected chi connectivity index (χ4v) is 1.93. The number of halogens is 1. The predicted octanol–water partition coefficient (Wildman–Crippen LogP) is 1.87. The van der Waals surface area contributed by atoms with Crippen molar-refractivity contribution in [2.24, 2.45) is 5.73 Å². The molecule has 0 saturated carbocycles. The van der Waals surface area contributed by atoms with Crippen molar-refractivity contribution in [1.29, 1.82) is 0 Å². The number of hydrogen-bond acceptors (Lipinski definition) is 4. The van der Waals surface area contributed by atoms with Crippen molar-refractivity contribution in [2.45, 2.75) is 39.2 Å². The van der Waals surface area contributed by atoms with E-state index in [1.165, 1.54) is 0 Å². The fraction of sp³-hybridized carbons (Fsp3) is 0.545. The minimum atomic E-state index is -0.426. The zero-order valence-electron chi connectivity index (χ0n) is 10.2. The van der Waals surface area contributed by atoms with Crippen molar-refractivity contribution >= 4 is 27.7 Å². The lowest BCUT2D eigenvalue weighted by Gasteiger charge is -2.25. The normalized spacial score (nSPS) is 11.3. The van der Waals surface area contributed by atoms with Gasteiger partial charge in [-0.05, 0) is 29.8 Å². The first-order valence-electron chi connectivity index (χ1n) is 5.42. The zero-order valence-corrected chi connectivity index (χ0v) is 11.8. The lowest BCUT2D eigenvalue weighted by molar-refractivity contribution is -0.118. The van der Waals surface area contributed by atoms with E-state index in [0.29, 0.717) is 5.82 Å². The predicted molar refractivity (Wildman–Crippen MR) is 70.6 cm³/mol. The molecule has 5 nitrogen and oxygen atoms in total. The maximum absolute atomic E-state index is 10.9. The number of carbonyl (C=O) groups is 1. The van der Waals surface area contributed by atoms with Gasteiger partial charge in [-0.3, -0.25) is 4.79 Å². The Morgan fingerprint density at radius 3 is 2.71 bits per heavy atom. The number of carbonyl (C=O) groups excluding carboxylic acids is 1. The number of nitrogens with one attached hydrogen (secondary N) is 1. The molecule has 0 radical (unpaired) electrons. The molecule has 0 saturated heterocycles. The Morgan fingerprint density at radius 1 is 1.53 bits per heavy atom. The van der Waals surface area contributed by atoms with E-state index in [-0.39, 0.29) is 12.3 Å². The average Bonchev–Trinajstić information content (AvgIpc) is 2.13. The third kappa shape index (κ3) is 4.68. The number of nitrogens with zero attached hydrogens (tertiary/aromatic N) is 2. The van der Waals surface area contributed by atoms with E-state index in [2.05, 4.69) is 31.2 Å². The number of aromatic nitrogens is 2. The van der Waals surface area contributed by atoms with Crippen LogP contribution < -0.4 is 11.1 Å². The van der Waals surface area contributed by atoms with Gasteiger partial charge in [0.05, 0.1) is 0 Å². The molecule has 0 aliphatic heterocycles. The number of nitrogens with two attached hydrogens (primary N) is 1. The minimum absolute atomic E-state index is 0.246. The highest BCUT2D eigenvalue weighted by molar-refractivity contribution is 9.10. The zero-order chi connectivity index (χ0) is 13.1. The van der Waals surface area contributed by atoms with Crippen LogP contribution >= 0.6 is 15.9 Å². The van der Waals surface area contributed by atoms with Gasteiger partial charge in [0, 0.05) is 24.4 Å². The number of anilines is 1. The van der Waals surface area contributed by atoms with Crippen molar-refractivity contribution < 1.29 is 4.79 Å². The number of primary amides is 1. The molecule has 0 aromatic carbocycles. The average molecular weight is 301 g/mol. The van der Waals surface area contributed by atoms with Crippen molar-refractivity contribution in [2.75, 3.05) is 5.32 Å². The van der Waals surface area contributed by atoms with Crippen molar-refractivity contribution in [3.63, 3.8) is 0 Å². The van der Waals surface area contributed by atoms with Gasteiger partial charge in [-0.15, -0.1) is 0 Å². The first-order valence-corrected chi connectivity index (χ1v) is 6.21. The third-order valence-corrected chi connectivity index (χ3v) is 2.55. The Balaban J connectivity index is 2.87. The molecule has 17 heavy (non-hydrogen) atoms. The van der Waals surface area contributed by atoms with E-state index in [9.17, 15) is 4.79 Å². The third-order valence-electron chi connectivity index (χ3n) is 2.14. The van der Waals surface area contributed by atoms with Crippen LogP contribution in [0.3, 0.4) is 0 Å². The molecule has 1 aromatic rings. The quantitative estimate of drug-likeness (QED) is 0.814. The maximum Gasteiger partial charge on any atom is 0.219 e. The van der Waals surface area contributed by atoms with Crippen LogP contribution in [0.15, 0.2) is 10.7 Å². The highest BCUT2D eigenvalue weighted by Crippen LogP contribution is 2.19. The monoisotopic (exact) mass is 300 g/mol. The summed E-state index contributed by atoms with van der Waals surface area (Å²) in [5, 5.41) is 3.18. The Kier molecular flexibility index (Phi) is 4.45. The van der Waals surface area contributed by atoms with E-state index in [1.807, 2.05) is 20.8 Å². The fourth-order valence-electron chi connectivity index (χ4n) is 1.51. The van der Waals surface area contributed by atoms with E-state index < -0.39 is 5.54 Å². The molecule has 0 fully saturated rings. The molecular weight excluding hydrogens is 284 g/mol. The highest BCUT2D eigenvalue weighted by Gasteiger charge is 2.21. The molecule has 0 bridgehead atoms. The van der Waals surface area contributed by atoms with Crippen molar-refractivity contribution in [3.8, 4) is 0 Å². The summed E-state index contributed by atoms with van der Waals surface area (Å²) in [6.07, 6.45) is 1.00. The van der Waals surface area contributed by atoms with Gasteiger partial charge in [0.15, 0.2) is 0 Å².